The molecule has 234 valence electrons. The molecule has 1 aromatic carbocycles. The van der Waals surface area contributed by atoms with Gasteiger partial charge in [-0.3, -0.25) is 30.5 Å². The number of benzene rings is 1. The minimum Gasteiger partial charge on any atom is -0.392 e. The van der Waals surface area contributed by atoms with Gasteiger partial charge in [-0.25, -0.2) is 0 Å². The maximum atomic E-state index is 13.8. The molecular weight excluding hydrogens is 550 g/mol. The highest BCUT2D eigenvalue weighted by Gasteiger charge is 2.53. The summed E-state index contributed by atoms with van der Waals surface area (Å²) in [5, 5.41) is 28.7. The Morgan fingerprint density at radius 2 is 1.91 bits per heavy atom. The smallest absolute Gasteiger partial charge is 0.249 e. The van der Waals surface area contributed by atoms with Crippen molar-refractivity contribution in [1.82, 2.24) is 35.8 Å². The molecule has 0 aliphatic carbocycles. The third-order valence-corrected chi connectivity index (χ3v) is 9.85. The summed E-state index contributed by atoms with van der Waals surface area (Å²) in [7, 11) is 2.14. The fourth-order valence-electron chi connectivity index (χ4n) is 7.50. The molecule has 5 fully saturated rings. The molecule has 6 atom stereocenters. The number of piperazine rings is 1. The Hall–Kier alpha value is -2.78. The molecule has 6 heterocycles. The molecule has 6 aliphatic rings. The number of nitrogens with zero attached hydrogens (tertiary/aromatic N) is 5. The van der Waals surface area contributed by atoms with Gasteiger partial charge in [-0.05, 0) is 50.9 Å². The molecule has 5 saturated heterocycles. The zero-order valence-electron chi connectivity index (χ0n) is 25.0. The Morgan fingerprint density at radius 3 is 2.74 bits per heavy atom. The van der Waals surface area contributed by atoms with Crippen LogP contribution in [0.25, 0.3) is 0 Å². The Labute approximate surface area is 253 Å². The number of allylic oxidation sites excluding steroid dienone is 1. The number of aliphatic hydroxyl groups is 1. The lowest BCUT2D eigenvalue weighted by Gasteiger charge is -2.50. The standard InChI is InChI=1S/C30H45N9O4/c1-35-12-14-36(15-13-35)23-7-6-21(16-20(23)18-40)32-30-31-17-22-27(34-30)39-25-9-8-24-28(33-25)37(26(41)19-43-24)10-4-2-3-5-11-38(39)29(22)42/h3,5-7,16,22,24-25,27-28,30-34,40H,2,4,8-15,17-19H2,1H3/b5-3-. The van der Waals surface area contributed by atoms with E-state index >= 15 is 0 Å². The Balaban J connectivity index is 1.10. The summed E-state index contributed by atoms with van der Waals surface area (Å²) in [6.07, 6.45) is 6.69. The maximum absolute atomic E-state index is 13.8. The average Bonchev–Trinajstić information content (AvgIpc) is 3.29. The number of amides is 2. The highest BCUT2D eigenvalue weighted by Crippen LogP contribution is 2.34. The molecule has 6 unspecified atom stereocenters. The quantitative estimate of drug-likeness (QED) is 0.287. The van der Waals surface area contributed by atoms with Gasteiger partial charge in [0.05, 0.1) is 37.5 Å². The van der Waals surface area contributed by atoms with Crippen molar-refractivity contribution >= 4 is 23.2 Å². The van der Waals surface area contributed by atoms with Gasteiger partial charge >= 0.3 is 0 Å². The van der Waals surface area contributed by atoms with Crippen molar-refractivity contribution in [3.05, 3.63) is 35.9 Å². The fraction of sp³-hybridized carbons (Fsp3) is 0.667. The van der Waals surface area contributed by atoms with E-state index in [1.807, 2.05) is 16.0 Å². The number of likely N-dealkylation sites (N-methyl/N-ethyl adjacent to an activating group) is 1. The average molecular weight is 596 g/mol. The number of carbonyl (C=O) groups excluding carboxylic acids is 2. The van der Waals surface area contributed by atoms with Crippen LogP contribution in [-0.2, 0) is 20.9 Å². The Bertz CT molecular complexity index is 1220. The minimum atomic E-state index is -0.278. The minimum absolute atomic E-state index is 0.0211. The van der Waals surface area contributed by atoms with Gasteiger partial charge in [0.1, 0.15) is 19.1 Å². The third kappa shape index (κ3) is 5.63. The van der Waals surface area contributed by atoms with Gasteiger partial charge in [-0.1, -0.05) is 12.2 Å². The Kier molecular flexibility index (Phi) is 8.29. The van der Waals surface area contributed by atoms with E-state index in [0.717, 1.165) is 68.8 Å². The predicted molar refractivity (Wildman–Crippen MR) is 161 cm³/mol. The van der Waals surface area contributed by atoms with Crippen molar-refractivity contribution < 1.29 is 19.4 Å². The maximum Gasteiger partial charge on any atom is 0.249 e. The van der Waals surface area contributed by atoms with Crippen molar-refractivity contribution in [3.8, 4) is 0 Å². The first-order valence-corrected chi connectivity index (χ1v) is 15.8. The lowest BCUT2D eigenvalue weighted by atomic mass is 9.99. The number of ether oxygens (including phenoxy) is 1. The molecule has 13 heteroatoms. The van der Waals surface area contributed by atoms with E-state index in [-0.39, 0.29) is 61.8 Å². The molecule has 0 aromatic heterocycles. The molecule has 5 N–H and O–H groups in total. The van der Waals surface area contributed by atoms with Crippen LogP contribution in [0.1, 0.15) is 31.2 Å². The highest BCUT2D eigenvalue weighted by molar-refractivity contribution is 5.82. The molecule has 0 saturated carbocycles. The topological polar surface area (TPSA) is 128 Å². The van der Waals surface area contributed by atoms with E-state index in [4.69, 9.17) is 4.74 Å². The van der Waals surface area contributed by atoms with Gasteiger partial charge in [0, 0.05) is 56.2 Å². The van der Waals surface area contributed by atoms with Gasteiger partial charge in [0.2, 0.25) is 11.8 Å². The van der Waals surface area contributed by atoms with E-state index < -0.39 is 0 Å². The van der Waals surface area contributed by atoms with Crippen molar-refractivity contribution in [2.45, 2.75) is 63.2 Å². The van der Waals surface area contributed by atoms with Crippen LogP contribution in [0.15, 0.2) is 30.4 Å². The first kappa shape index (κ1) is 29.0. The van der Waals surface area contributed by atoms with Crippen LogP contribution < -0.4 is 26.2 Å². The first-order chi connectivity index (χ1) is 21.0. The predicted octanol–water partition coefficient (Wildman–Crippen LogP) is -0.566. The number of hydrogen-bond acceptors (Lipinski definition) is 11. The molecule has 7 rings (SSSR count). The molecule has 0 spiro atoms. The summed E-state index contributed by atoms with van der Waals surface area (Å²) in [6.45, 7) is 5.74. The SMILES string of the molecule is CN1CCN(c2ccc(NC3NCC4C(=O)N5C/C=C\CCCN6C(=O)COC7CCC(NC76)N5C4N3)cc2CO)CC1. The number of morpholine rings is 1. The molecule has 2 amide bonds. The van der Waals surface area contributed by atoms with E-state index in [1.165, 1.54) is 0 Å². The third-order valence-electron chi connectivity index (χ3n) is 9.85. The van der Waals surface area contributed by atoms with Crippen LogP contribution in [-0.4, -0.2) is 127 Å². The lowest BCUT2D eigenvalue weighted by molar-refractivity contribution is -0.176. The summed E-state index contributed by atoms with van der Waals surface area (Å²) in [4.78, 5) is 33.2. The number of hydrazine groups is 1. The van der Waals surface area contributed by atoms with Gasteiger partial charge in [0.15, 0.2) is 0 Å². The van der Waals surface area contributed by atoms with Crippen molar-refractivity contribution in [3.63, 3.8) is 0 Å². The summed E-state index contributed by atoms with van der Waals surface area (Å²) in [5.74, 6) is -0.127. The number of aliphatic hydroxyl groups excluding tert-OH is 1. The lowest BCUT2D eigenvalue weighted by Crippen LogP contribution is -2.72. The number of rotatable bonds is 4. The monoisotopic (exact) mass is 595 g/mol. The summed E-state index contributed by atoms with van der Waals surface area (Å²) < 4.78 is 5.94. The molecule has 13 nitrogen and oxygen atoms in total. The van der Waals surface area contributed by atoms with Crippen LogP contribution in [0.5, 0.6) is 0 Å². The summed E-state index contributed by atoms with van der Waals surface area (Å²) >= 11 is 0. The van der Waals surface area contributed by atoms with Crippen molar-refractivity contribution in [2.75, 3.05) is 69.7 Å². The Morgan fingerprint density at radius 1 is 1.05 bits per heavy atom. The second kappa shape index (κ2) is 12.3. The zero-order chi connectivity index (χ0) is 29.5. The van der Waals surface area contributed by atoms with Crippen LogP contribution in [0, 0.1) is 5.92 Å². The molecular formula is C30H45N9O4. The van der Waals surface area contributed by atoms with Crippen LogP contribution in [0.3, 0.4) is 0 Å². The van der Waals surface area contributed by atoms with Crippen molar-refractivity contribution in [2.24, 2.45) is 5.92 Å². The van der Waals surface area contributed by atoms with E-state index in [9.17, 15) is 14.7 Å². The largest absolute Gasteiger partial charge is 0.392 e. The number of fused-ring (bicyclic) bond motifs is 5. The summed E-state index contributed by atoms with van der Waals surface area (Å²) in [5.41, 5.74) is 2.88. The molecule has 0 radical (unpaired) electrons. The fourth-order valence-corrected chi connectivity index (χ4v) is 7.50. The van der Waals surface area contributed by atoms with Gasteiger partial charge in [0.25, 0.3) is 0 Å². The normalized spacial score (nSPS) is 34.7. The number of anilines is 2. The van der Waals surface area contributed by atoms with Gasteiger partial charge < -0.3 is 29.9 Å². The first-order valence-electron chi connectivity index (χ1n) is 15.8. The zero-order valence-corrected chi connectivity index (χ0v) is 25.0. The molecule has 43 heavy (non-hydrogen) atoms. The van der Waals surface area contributed by atoms with Crippen LogP contribution in [0.2, 0.25) is 0 Å². The van der Waals surface area contributed by atoms with E-state index in [2.05, 4.69) is 67.4 Å². The highest BCUT2D eigenvalue weighted by atomic mass is 16.5. The van der Waals surface area contributed by atoms with E-state index in [1.54, 1.807) is 0 Å². The van der Waals surface area contributed by atoms with Crippen molar-refractivity contribution in [1.29, 1.82) is 0 Å². The number of piperidine rings is 1. The second-order valence-corrected chi connectivity index (χ2v) is 12.6. The number of hydrogen-bond donors (Lipinski definition) is 5. The van der Waals surface area contributed by atoms with Crippen LogP contribution in [0.4, 0.5) is 11.4 Å². The van der Waals surface area contributed by atoms with Gasteiger partial charge in [-0.2, -0.15) is 5.01 Å². The number of carbonyl (C=O) groups is 2. The van der Waals surface area contributed by atoms with Crippen LogP contribution >= 0.6 is 0 Å². The molecule has 2 bridgehead atoms. The summed E-state index contributed by atoms with van der Waals surface area (Å²) in [6, 6.07) is 6.18. The molecule has 6 aliphatic heterocycles. The van der Waals surface area contributed by atoms with Gasteiger partial charge in [-0.15, -0.1) is 0 Å². The second-order valence-electron chi connectivity index (χ2n) is 12.6. The number of nitrogens with one attached hydrogen (secondary N) is 4. The molecule has 1 aromatic rings. The van der Waals surface area contributed by atoms with E-state index in [0.29, 0.717) is 19.6 Å².